The van der Waals surface area contributed by atoms with Crippen LogP contribution in [0.4, 0.5) is 23.8 Å². The summed E-state index contributed by atoms with van der Waals surface area (Å²) in [6.45, 7) is 5.01. The van der Waals surface area contributed by atoms with Gasteiger partial charge in [-0.25, -0.2) is 9.78 Å². The van der Waals surface area contributed by atoms with E-state index in [-0.39, 0.29) is 34.6 Å². The summed E-state index contributed by atoms with van der Waals surface area (Å²) in [7, 11) is 1.32. The standard InChI is InChI=1S/C22H23BrF3N3O4/c1-21(2,3)33-20(31)29(11-12-5-6-15(16(23)7-12)22(24,25)26)18-10-27-17(9-28-18)13-8-14(13)19(30)32-4/h5-7,9-10,13-14H,8,11H2,1-4H3/t13-,14-/m0/s1. The van der Waals surface area contributed by atoms with Gasteiger partial charge in [-0.1, -0.05) is 22.0 Å². The predicted octanol–water partition coefficient (Wildman–Crippen LogP) is 5.48. The van der Waals surface area contributed by atoms with Crippen LogP contribution in [-0.2, 0) is 27.0 Å². The number of nitrogens with zero attached hydrogens (tertiary/aromatic N) is 3. The average Bonchev–Trinajstić information content (AvgIpc) is 3.50. The largest absolute Gasteiger partial charge is 0.469 e. The highest BCUT2D eigenvalue weighted by atomic mass is 79.9. The number of carbonyl (C=O) groups excluding carboxylic acids is 2. The van der Waals surface area contributed by atoms with Gasteiger partial charge in [-0.2, -0.15) is 13.2 Å². The summed E-state index contributed by atoms with van der Waals surface area (Å²) < 4.78 is 49.3. The first-order valence-electron chi connectivity index (χ1n) is 10.1. The van der Waals surface area contributed by atoms with Gasteiger partial charge in [0.15, 0.2) is 5.82 Å². The fourth-order valence-corrected chi connectivity index (χ4v) is 3.87. The second-order valence-corrected chi connectivity index (χ2v) is 9.50. The average molecular weight is 530 g/mol. The highest BCUT2D eigenvalue weighted by Gasteiger charge is 2.46. The summed E-state index contributed by atoms with van der Waals surface area (Å²) in [6.07, 6.45) is -1.77. The van der Waals surface area contributed by atoms with Crippen LogP contribution < -0.4 is 4.90 Å². The minimum absolute atomic E-state index is 0.0894. The topological polar surface area (TPSA) is 81.6 Å². The number of amides is 1. The first kappa shape index (κ1) is 24.9. The van der Waals surface area contributed by atoms with E-state index < -0.39 is 23.4 Å². The number of methoxy groups -OCH3 is 1. The third-order valence-electron chi connectivity index (χ3n) is 4.90. The van der Waals surface area contributed by atoms with Crippen LogP contribution in [-0.4, -0.2) is 34.7 Å². The summed E-state index contributed by atoms with van der Waals surface area (Å²) in [5.74, 6) is -0.505. The Bertz CT molecular complexity index is 1040. The second kappa shape index (κ2) is 9.28. The second-order valence-electron chi connectivity index (χ2n) is 8.65. The molecule has 11 heteroatoms. The van der Waals surface area contributed by atoms with E-state index in [9.17, 15) is 22.8 Å². The number of anilines is 1. The molecule has 0 unspecified atom stereocenters. The number of hydrogen-bond donors (Lipinski definition) is 0. The first-order chi connectivity index (χ1) is 15.3. The molecule has 1 fully saturated rings. The van der Waals surface area contributed by atoms with Gasteiger partial charge in [0.25, 0.3) is 0 Å². The van der Waals surface area contributed by atoms with Gasteiger partial charge in [0.2, 0.25) is 0 Å². The van der Waals surface area contributed by atoms with Crippen LogP contribution in [0.5, 0.6) is 0 Å². The van der Waals surface area contributed by atoms with Gasteiger partial charge < -0.3 is 9.47 Å². The third-order valence-corrected chi connectivity index (χ3v) is 5.56. The third kappa shape index (κ3) is 6.21. The van der Waals surface area contributed by atoms with Crippen molar-refractivity contribution in [2.24, 2.45) is 5.92 Å². The van der Waals surface area contributed by atoms with Gasteiger partial charge in [-0.05, 0) is 44.9 Å². The Hall–Kier alpha value is -2.69. The lowest BCUT2D eigenvalue weighted by molar-refractivity contribution is -0.142. The molecule has 1 aromatic heterocycles. The van der Waals surface area contributed by atoms with Gasteiger partial charge in [-0.3, -0.25) is 14.7 Å². The zero-order valence-corrected chi connectivity index (χ0v) is 20.0. The number of benzene rings is 1. The molecule has 3 rings (SSSR count). The molecule has 1 aromatic carbocycles. The minimum atomic E-state index is -4.51. The lowest BCUT2D eigenvalue weighted by Gasteiger charge is -2.27. The monoisotopic (exact) mass is 529 g/mol. The number of aromatic nitrogens is 2. The summed E-state index contributed by atoms with van der Waals surface area (Å²) in [5.41, 5.74) is -0.593. The Kier molecular flexibility index (Phi) is 7.01. The highest BCUT2D eigenvalue weighted by molar-refractivity contribution is 9.10. The van der Waals surface area contributed by atoms with Gasteiger partial charge in [0.05, 0.1) is 43.2 Å². The van der Waals surface area contributed by atoms with Crippen LogP contribution >= 0.6 is 15.9 Å². The van der Waals surface area contributed by atoms with Crippen molar-refractivity contribution in [3.63, 3.8) is 0 Å². The molecule has 2 aromatic rings. The molecule has 1 aliphatic carbocycles. The molecule has 1 heterocycles. The molecule has 0 N–H and O–H groups in total. The lowest BCUT2D eigenvalue weighted by atomic mass is 10.1. The Morgan fingerprint density at radius 3 is 2.39 bits per heavy atom. The number of alkyl halides is 3. The Labute approximate surface area is 197 Å². The molecule has 7 nitrogen and oxygen atoms in total. The maximum Gasteiger partial charge on any atom is 0.417 e. The molecule has 1 saturated carbocycles. The Morgan fingerprint density at radius 1 is 1.18 bits per heavy atom. The zero-order chi connectivity index (χ0) is 24.6. The fraction of sp³-hybridized carbons (Fsp3) is 0.455. The first-order valence-corrected chi connectivity index (χ1v) is 10.9. The van der Waals surface area contributed by atoms with E-state index in [1.54, 1.807) is 20.8 Å². The molecule has 0 spiro atoms. The van der Waals surface area contributed by atoms with E-state index in [2.05, 4.69) is 25.9 Å². The van der Waals surface area contributed by atoms with Gasteiger partial charge in [0, 0.05) is 10.4 Å². The van der Waals surface area contributed by atoms with E-state index >= 15 is 0 Å². The fourth-order valence-electron chi connectivity index (χ4n) is 3.22. The number of hydrogen-bond acceptors (Lipinski definition) is 6. The smallest absolute Gasteiger partial charge is 0.417 e. The lowest BCUT2D eigenvalue weighted by Crippen LogP contribution is -2.37. The number of carbonyl (C=O) groups is 2. The zero-order valence-electron chi connectivity index (χ0n) is 18.4. The van der Waals surface area contributed by atoms with E-state index in [0.29, 0.717) is 17.7 Å². The van der Waals surface area contributed by atoms with Gasteiger partial charge in [-0.15, -0.1) is 0 Å². The molecular weight excluding hydrogens is 507 g/mol. The van der Waals surface area contributed by atoms with E-state index in [4.69, 9.17) is 9.47 Å². The van der Waals surface area contributed by atoms with Crippen LogP contribution in [0.2, 0.25) is 0 Å². The van der Waals surface area contributed by atoms with Crippen molar-refractivity contribution in [3.8, 4) is 0 Å². The molecular formula is C22H23BrF3N3O4. The molecule has 0 aliphatic heterocycles. The van der Waals surface area contributed by atoms with E-state index in [1.807, 2.05) is 0 Å². The van der Waals surface area contributed by atoms with Crippen LogP contribution in [0.15, 0.2) is 35.1 Å². The number of ether oxygens (including phenoxy) is 2. The van der Waals surface area contributed by atoms with Crippen LogP contribution in [0, 0.1) is 5.92 Å². The summed E-state index contributed by atoms with van der Waals surface area (Å²) >= 11 is 2.95. The Balaban J connectivity index is 1.85. The molecule has 0 saturated heterocycles. The van der Waals surface area contributed by atoms with E-state index in [1.165, 1.54) is 36.5 Å². The Morgan fingerprint density at radius 2 is 1.88 bits per heavy atom. The minimum Gasteiger partial charge on any atom is -0.469 e. The van der Waals surface area contributed by atoms with Gasteiger partial charge in [0.1, 0.15) is 5.60 Å². The van der Waals surface area contributed by atoms with Crippen LogP contribution in [0.3, 0.4) is 0 Å². The van der Waals surface area contributed by atoms with Gasteiger partial charge >= 0.3 is 18.2 Å². The maximum absolute atomic E-state index is 13.1. The van der Waals surface area contributed by atoms with Crippen molar-refractivity contribution in [1.82, 2.24) is 9.97 Å². The molecule has 1 amide bonds. The maximum atomic E-state index is 13.1. The quantitative estimate of drug-likeness (QED) is 0.477. The molecule has 0 bridgehead atoms. The molecule has 0 radical (unpaired) electrons. The number of rotatable bonds is 5. The van der Waals surface area contributed by atoms with Crippen molar-refractivity contribution in [3.05, 3.63) is 51.9 Å². The number of halogens is 4. The number of esters is 1. The van der Waals surface area contributed by atoms with Crippen LogP contribution in [0.1, 0.15) is 49.9 Å². The summed E-state index contributed by atoms with van der Waals surface area (Å²) in [4.78, 5) is 34.4. The molecule has 1 aliphatic rings. The van der Waals surface area contributed by atoms with Crippen LogP contribution in [0.25, 0.3) is 0 Å². The van der Waals surface area contributed by atoms with Crippen molar-refractivity contribution in [2.75, 3.05) is 12.0 Å². The SMILES string of the molecule is COC(=O)[C@H]1C[C@@H]1c1cnc(N(Cc2ccc(C(F)(F)F)c(Br)c2)C(=O)OC(C)(C)C)cn1. The summed E-state index contributed by atoms with van der Waals surface area (Å²) in [6, 6.07) is 3.53. The van der Waals surface area contributed by atoms with Crippen molar-refractivity contribution in [1.29, 1.82) is 0 Å². The van der Waals surface area contributed by atoms with Crippen molar-refractivity contribution in [2.45, 2.75) is 51.4 Å². The predicted molar refractivity (Wildman–Crippen MR) is 116 cm³/mol. The van der Waals surface area contributed by atoms with E-state index in [0.717, 1.165) is 6.07 Å². The molecule has 178 valence electrons. The van der Waals surface area contributed by atoms with Crippen molar-refractivity contribution < 1.29 is 32.2 Å². The highest BCUT2D eigenvalue weighted by Crippen LogP contribution is 2.47. The van der Waals surface area contributed by atoms with Crippen molar-refractivity contribution >= 4 is 33.8 Å². The normalized spacial score (nSPS) is 17.9. The molecule has 33 heavy (non-hydrogen) atoms. The summed E-state index contributed by atoms with van der Waals surface area (Å²) in [5, 5.41) is 0. The molecule has 2 atom stereocenters.